The van der Waals surface area contributed by atoms with E-state index in [2.05, 4.69) is 4.98 Å². The van der Waals surface area contributed by atoms with E-state index < -0.39 is 16.0 Å². The molecular weight excluding hydrogens is 328 g/mol. The predicted octanol–water partition coefficient (Wildman–Crippen LogP) is 2.54. The number of sulfonamides is 1. The number of aromatic nitrogens is 1. The highest BCUT2D eigenvalue weighted by molar-refractivity contribution is 7.88. The molecule has 6 nitrogen and oxygen atoms in total. The van der Waals surface area contributed by atoms with Gasteiger partial charge in [-0.15, -0.1) is 0 Å². The number of carboxylic acids is 1. The fourth-order valence-electron chi connectivity index (χ4n) is 3.12. The molecule has 1 aliphatic rings. The van der Waals surface area contributed by atoms with Gasteiger partial charge in [-0.25, -0.2) is 13.2 Å². The molecule has 0 unspecified atom stereocenters. The van der Waals surface area contributed by atoms with Crippen LogP contribution in [0.5, 0.6) is 0 Å². The summed E-state index contributed by atoms with van der Waals surface area (Å²) in [5.74, 6) is -0.992. The van der Waals surface area contributed by atoms with Crippen LogP contribution in [-0.4, -0.2) is 41.6 Å². The van der Waals surface area contributed by atoms with E-state index >= 15 is 0 Å². The SMILES string of the molecule is CS(=O)(=O)N1CCC[C@H]1c1ccc(-c2ccccc2C(=O)O)cn1. The van der Waals surface area contributed by atoms with Gasteiger partial charge in [0.05, 0.1) is 23.6 Å². The van der Waals surface area contributed by atoms with Crippen LogP contribution in [0.1, 0.15) is 34.9 Å². The molecule has 0 radical (unpaired) electrons. The normalized spacial score (nSPS) is 18.6. The number of hydrogen-bond donors (Lipinski definition) is 1. The molecule has 1 saturated heterocycles. The van der Waals surface area contributed by atoms with Gasteiger partial charge in [0.15, 0.2) is 0 Å². The van der Waals surface area contributed by atoms with Crippen molar-refractivity contribution >= 4 is 16.0 Å². The van der Waals surface area contributed by atoms with Gasteiger partial charge in [-0.05, 0) is 30.5 Å². The smallest absolute Gasteiger partial charge is 0.336 e. The Kier molecular flexibility index (Phi) is 4.38. The number of hydrogen-bond acceptors (Lipinski definition) is 4. The Balaban J connectivity index is 1.94. The fraction of sp³-hybridized carbons (Fsp3) is 0.294. The Morgan fingerprint density at radius 3 is 2.62 bits per heavy atom. The molecule has 1 N–H and O–H groups in total. The van der Waals surface area contributed by atoms with Gasteiger partial charge < -0.3 is 5.11 Å². The number of carboxylic acid groups (broad SMARTS) is 1. The Morgan fingerprint density at radius 2 is 2.00 bits per heavy atom. The Morgan fingerprint density at radius 1 is 1.25 bits per heavy atom. The molecule has 1 aromatic heterocycles. The number of pyridine rings is 1. The largest absolute Gasteiger partial charge is 0.478 e. The molecule has 1 aromatic carbocycles. The average Bonchev–Trinajstić information content (AvgIpc) is 3.05. The van der Waals surface area contributed by atoms with Crippen molar-refractivity contribution in [3.8, 4) is 11.1 Å². The highest BCUT2D eigenvalue weighted by Gasteiger charge is 2.33. The van der Waals surface area contributed by atoms with Gasteiger partial charge in [-0.2, -0.15) is 4.31 Å². The van der Waals surface area contributed by atoms with E-state index in [0.29, 0.717) is 23.4 Å². The van der Waals surface area contributed by atoms with E-state index in [1.807, 2.05) is 0 Å². The van der Waals surface area contributed by atoms with E-state index in [0.717, 1.165) is 12.8 Å². The second kappa shape index (κ2) is 6.33. The fourth-order valence-corrected chi connectivity index (χ4v) is 4.25. The van der Waals surface area contributed by atoms with Crippen molar-refractivity contribution in [2.75, 3.05) is 12.8 Å². The predicted molar refractivity (Wildman–Crippen MR) is 90.2 cm³/mol. The summed E-state index contributed by atoms with van der Waals surface area (Å²) >= 11 is 0. The molecule has 0 bridgehead atoms. The van der Waals surface area contributed by atoms with Crippen LogP contribution in [0.2, 0.25) is 0 Å². The van der Waals surface area contributed by atoms with Crippen LogP contribution in [0.15, 0.2) is 42.6 Å². The maximum absolute atomic E-state index is 11.9. The van der Waals surface area contributed by atoms with Crippen LogP contribution in [0.25, 0.3) is 11.1 Å². The molecule has 2 aromatic rings. The molecule has 3 rings (SSSR count). The second-order valence-electron chi connectivity index (χ2n) is 5.85. The second-order valence-corrected chi connectivity index (χ2v) is 7.79. The summed E-state index contributed by atoms with van der Waals surface area (Å²) in [7, 11) is -3.26. The Hall–Kier alpha value is -2.25. The maximum atomic E-state index is 11.9. The monoisotopic (exact) mass is 346 g/mol. The molecule has 1 atom stereocenters. The Bertz CT molecular complexity index is 862. The standard InChI is InChI=1S/C17H18N2O4S/c1-24(22,23)19-10-4-7-16(19)15-9-8-12(11-18-15)13-5-2-3-6-14(13)17(20)21/h2-3,5-6,8-9,11,16H,4,7,10H2,1H3,(H,20,21)/t16-/m0/s1. The van der Waals surface area contributed by atoms with E-state index in [9.17, 15) is 18.3 Å². The first-order chi connectivity index (χ1) is 11.4. The summed E-state index contributed by atoms with van der Waals surface area (Å²) < 4.78 is 25.2. The highest BCUT2D eigenvalue weighted by atomic mass is 32.2. The topological polar surface area (TPSA) is 87.6 Å². The Labute approximate surface area is 140 Å². The van der Waals surface area contributed by atoms with Crippen molar-refractivity contribution in [1.29, 1.82) is 0 Å². The summed E-state index contributed by atoms with van der Waals surface area (Å²) in [6, 6.07) is 10.1. The minimum Gasteiger partial charge on any atom is -0.478 e. The van der Waals surface area contributed by atoms with Gasteiger partial charge in [-0.1, -0.05) is 24.3 Å². The van der Waals surface area contributed by atoms with Crippen LogP contribution in [-0.2, 0) is 10.0 Å². The highest BCUT2D eigenvalue weighted by Crippen LogP contribution is 2.33. The zero-order valence-corrected chi connectivity index (χ0v) is 14.0. The lowest BCUT2D eigenvalue weighted by Gasteiger charge is -2.21. The lowest BCUT2D eigenvalue weighted by molar-refractivity contribution is 0.0697. The minimum atomic E-state index is -3.26. The third kappa shape index (κ3) is 3.18. The zero-order chi connectivity index (χ0) is 17.3. The van der Waals surface area contributed by atoms with E-state index in [1.54, 1.807) is 42.6 Å². The van der Waals surface area contributed by atoms with E-state index in [-0.39, 0.29) is 11.6 Å². The lowest BCUT2D eigenvalue weighted by Crippen LogP contribution is -2.29. The number of benzene rings is 1. The van der Waals surface area contributed by atoms with E-state index in [1.165, 1.54) is 10.6 Å². The quantitative estimate of drug-likeness (QED) is 0.919. The molecule has 0 amide bonds. The summed E-state index contributed by atoms with van der Waals surface area (Å²) in [6.07, 6.45) is 4.37. The van der Waals surface area contributed by atoms with Gasteiger partial charge in [-0.3, -0.25) is 4.98 Å². The number of aromatic carboxylic acids is 1. The first kappa shape index (κ1) is 16.6. The molecule has 1 aliphatic heterocycles. The van der Waals surface area contributed by atoms with Crippen molar-refractivity contribution in [2.24, 2.45) is 0 Å². The first-order valence-corrected chi connectivity index (χ1v) is 9.48. The summed E-state index contributed by atoms with van der Waals surface area (Å²) in [5, 5.41) is 9.28. The van der Waals surface area contributed by atoms with Crippen molar-refractivity contribution in [3.63, 3.8) is 0 Å². The number of nitrogens with zero attached hydrogens (tertiary/aromatic N) is 2. The van der Waals surface area contributed by atoms with Crippen molar-refractivity contribution in [2.45, 2.75) is 18.9 Å². The lowest BCUT2D eigenvalue weighted by atomic mass is 10.0. The van der Waals surface area contributed by atoms with Crippen LogP contribution in [0.4, 0.5) is 0 Å². The van der Waals surface area contributed by atoms with Gasteiger partial charge in [0, 0.05) is 18.3 Å². The van der Waals surface area contributed by atoms with Crippen molar-refractivity contribution in [3.05, 3.63) is 53.9 Å². The maximum Gasteiger partial charge on any atom is 0.336 e. The molecule has 7 heteroatoms. The molecule has 0 spiro atoms. The van der Waals surface area contributed by atoms with Crippen molar-refractivity contribution < 1.29 is 18.3 Å². The zero-order valence-electron chi connectivity index (χ0n) is 13.2. The van der Waals surface area contributed by atoms with E-state index in [4.69, 9.17) is 0 Å². The molecule has 126 valence electrons. The number of carbonyl (C=O) groups is 1. The summed E-state index contributed by atoms with van der Waals surface area (Å²) in [4.78, 5) is 15.7. The van der Waals surface area contributed by atoms with Gasteiger partial charge in [0.1, 0.15) is 0 Å². The van der Waals surface area contributed by atoms with Crippen molar-refractivity contribution in [1.82, 2.24) is 9.29 Å². The molecule has 2 heterocycles. The summed E-state index contributed by atoms with van der Waals surface area (Å²) in [5.41, 5.74) is 2.19. The summed E-state index contributed by atoms with van der Waals surface area (Å²) in [6.45, 7) is 0.509. The van der Waals surface area contributed by atoms with Crippen LogP contribution < -0.4 is 0 Å². The van der Waals surface area contributed by atoms with Crippen LogP contribution >= 0.6 is 0 Å². The van der Waals surface area contributed by atoms with Gasteiger partial charge >= 0.3 is 5.97 Å². The average molecular weight is 346 g/mol. The molecule has 0 aliphatic carbocycles. The minimum absolute atomic E-state index is 0.214. The van der Waals surface area contributed by atoms with Gasteiger partial charge in [0.2, 0.25) is 10.0 Å². The molecule has 1 fully saturated rings. The van der Waals surface area contributed by atoms with Gasteiger partial charge in [0.25, 0.3) is 0 Å². The molecule has 24 heavy (non-hydrogen) atoms. The third-order valence-corrected chi connectivity index (χ3v) is 5.51. The molecular formula is C17H18N2O4S. The number of rotatable bonds is 4. The molecule has 0 saturated carbocycles. The first-order valence-electron chi connectivity index (χ1n) is 7.63. The van der Waals surface area contributed by atoms with Crippen LogP contribution in [0.3, 0.4) is 0 Å². The third-order valence-electron chi connectivity index (χ3n) is 4.23. The van der Waals surface area contributed by atoms with Crippen LogP contribution in [0, 0.1) is 0 Å².